The number of carbonyl (C=O) groups is 1. The highest BCUT2D eigenvalue weighted by Gasteiger charge is 2.17. The summed E-state index contributed by atoms with van der Waals surface area (Å²) < 4.78 is 2.84. The van der Waals surface area contributed by atoms with Crippen LogP contribution in [0.1, 0.15) is 5.56 Å². The molecule has 3 aromatic carbocycles. The van der Waals surface area contributed by atoms with Crippen molar-refractivity contribution in [2.45, 2.75) is 5.16 Å². The highest BCUT2D eigenvalue weighted by Crippen LogP contribution is 2.28. The Balaban J connectivity index is 1.48. The molecule has 4 aromatic rings. The van der Waals surface area contributed by atoms with E-state index in [2.05, 4.69) is 36.7 Å². The van der Waals surface area contributed by atoms with Crippen LogP contribution >= 0.6 is 27.7 Å². The Kier molecular flexibility index (Phi) is 7.45. The molecule has 9 nitrogen and oxygen atoms in total. The first-order chi connectivity index (χ1) is 16.5. The number of hydrogen-bond acceptors (Lipinski definition) is 7. The van der Waals surface area contributed by atoms with Gasteiger partial charge in [-0.15, -0.1) is 10.2 Å². The molecule has 1 amide bonds. The Morgan fingerprint density at radius 2 is 1.85 bits per heavy atom. The number of nitrogens with one attached hydrogen (secondary N) is 1. The second-order valence-corrected chi connectivity index (χ2v) is 8.78. The summed E-state index contributed by atoms with van der Waals surface area (Å²) in [6.07, 6.45) is 1.35. The molecule has 0 radical (unpaired) electrons. The lowest BCUT2D eigenvalue weighted by Crippen LogP contribution is -2.20. The molecule has 0 bridgehead atoms. The number of hydrazone groups is 1. The van der Waals surface area contributed by atoms with Crippen LogP contribution < -0.4 is 5.43 Å². The molecule has 170 valence electrons. The number of hydrogen-bond donors (Lipinski definition) is 1. The van der Waals surface area contributed by atoms with Gasteiger partial charge in [0.05, 0.1) is 16.9 Å². The first-order valence-corrected chi connectivity index (χ1v) is 11.7. The quantitative estimate of drug-likeness (QED) is 0.149. The summed E-state index contributed by atoms with van der Waals surface area (Å²) >= 11 is 4.67. The molecule has 0 spiro atoms. The second kappa shape index (κ2) is 10.9. The lowest BCUT2D eigenvalue weighted by Gasteiger charge is -2.10. The van der Waals surface area contributed by atoms with Crippen LogP contribution in [0.2, 0.25) is 0 Å². The zero-order valence-electron chi connectivity index (χ0n) is 17.5. The number of halogens is 1. The van der Waals surface area contributed by atoms with E-state index in [4.69, 9.17) is 0 Å². The normalized spacial score (nSPS) is 11.0. The highest BCUT2D eigenvalue weighted by atomic mass is 79.9. The van der Waals surface area contributed by atoms with Crippen LogP contribution in [-0.4, -0.2) is 37.6 Å². The Morgan fingerprint density at radius 1 is 1.09 bits per heavy atom. The Morgan fingerprint density at radius 3 is 2.59 bits per heavy atom. The fraction of sp³-hybridized carbons (Fsp3) is 0.0435. The summed E-state index contributed by atoms with van der Waals surface area (Å²) in [6, 6.07) is 23.4. The van der Waals surface area contributed by atoms with Crippen molar-refractivity contribution >= 4 is 45.5 Å². The van der Waals surface area contributed by atoms with Crippen molar-refractivity contribution in [3.8, 4) is 17.1 Å². The van der Waals surface area contributed by atoms with E-state index < -0.39 is 4.92 Å². The van der Waals surface area contributed by atoms with Gasteiger partial charge in [-0.2, -0.15) is 5.10 Å². The van der Waals surface area contributed by atoms with Gasteiger partial charge in [0.2, 0.25) is 0 Å². The van der Waals surface area contributed by atoms with E-state index in [0.29, 0.717) is 16.5 Å². The predicted octanol–water partition coefficient (Wildman–Crippen LogP) is 4.85. The summed E-state index contributed by atoms with van der Waals surface area (Å²) in [6.45, 7) is 0. The van der Waals surface area contributed by atoms with Crippen LogP contribution in [0.4, 0.5) is 5.69 Å². The minimum absolute atomic E-state index is 0.0488. The molecular formula is C23H17BrN6O3S. The first-order valence-electron chi connectivity index (χ1n) is 9.97. The average Bonchev–Trinajstić information content (AvgIpc) is 3.28. The molecule has 4 rings (SSSR count). The summed E-state index contributed by atoms with van der Waals surface area (Å²) in [7, 11) is 0. The van der Waals surface area contributed by atoms with Crippen molar-refractivity contribution in [1.82, 2.24) is 20.2 Å². The van der Waals surface area contributed by atoms with Gasteiger partial charge in [0.15, 0.2) is 11.0 Å². The molecule has 1 N–H and O–H groups in total. The molecule has 11 heteroatoms. The molecule has 34 heavy (non-hydrogen) atoms. The summed E-state index contributed by atoms with van der Waals surface area (Å²) in [5, 5.41) is 24.0. The number of amides is 1. The summed E-state index contributed by atoms with van der Waals surface area (Å²) in [5.41, 5.74) is 4.65. The number of nitrogens with zero attached hydrogens (tertiary/aromatic N) is 5. The van der Waals surface area contributed by atoms with Crippen LogP contribution in [0.3, 0.4) is 0 Å². The molecule has 1 aromatic heterocycles. The molecule has 1 heterocycles. The van der Waals surface area contributed by atoms with Crippen molar-refractivity contribution in [1.29, 1.82) is 0 Å². The molecule has 0 saturated carbocycles. The van der Waals surface area contributed by atoms with Gasteiger partial charge in [-0.1, -0.05) is 70.2 Å². The Bertz CT molecular complexity index is 1340. The maximum absolute atomic E-state index is 12.3. The molecule has 0 aliphatic heterocycles. The SMILES string of the molecule is O=C(CSc1nnc(-c2ccccc2)n1-c1ccc(Br)cc1)NN=Cc1cccc([N+](=O)[O-])c1. The first kappa shape index (κ1) is 23.3. The topological polar surface area (TPSA) is 115 Å². The smallest absolute Gasteiger partial charge is 0.270 e. The van der Waals surface area contributed by atoms with Crippen LogP contribution in [0.15, 0.2) is 93.6 Å². The predicted molar refractivity (Wildman–Crippen MR) is 134 cm³/mol. The third-order valence-electron chi connectivity index (χ3n) is 4.57. The van der Waals surface area contributed by atoms with Gasteiger partial charge in [0, 0.05) is 33.4 Å². The number of thioether (sulfide) groups is 1. The zero-order valence-corrected chi connectivity index (χ0v) is 19.9. The average molecular weight is 537 g/mol. The number of carbonyl (C=O) groups excluding carboxylic acids is 1. The fourth-order valence-corrected chi connectivity index (χ4v) is 4.03. The number of rotatable bonds is 8. The van der Waals surface area contributed by atoms with E-state index in [-0.39, 0.29) is 17.3 Å². The third kappa shape index (κ3) is 5.74. The largest absolute Gasteiger partial charge is 0.272 e. The van der Waals surface area contributed by atoms with E-state index in [9.17, 15) is 14.9 Å². The van der Waals surface area contributed by atoms with Crippen LogP contribution in [-0.2, 0) is 4.79 Å². The number of nitro groups is 1. The number of non-ortho nitro benzene ring substituents is 1. The monoisotopic (exact) mass is 536 g/mol. The van der Waals surface area contributed by atoms with Crippen molar-refractivity contribution in [2.75, 3.05) is 5.75 Å². The van der Waals surface area contributed by atoms with Gasteiger partial charge in [-0.05, 0) is 24.3 Å². The maximum Gasteiger partial charge on any atom is 0.270 e. The lowest BCUT2D eigenvalue weighted by molar-refractivity contribution is -0.384. The van der Waals surface area contributed by atoms with E-state index in [1.54, 1.807) is 12.1 Å². The van der Waals surface area contributed by atoms with Crippen molar-refractivity contribution in [3.63, 3.8) is 0 Å². The van der Waals surface area contributed by atoms with E-state index in [1.165, 1.54) is 30.1 Å². The van der Waals surface area contributed by atoms with Crippen molar-refractivity contribution < 1.29 is 9.72 Å². The van der Waals surface area contributed by atoms with Crippen LogP contribution in [0.5, 0.6) is 0 Å². The molecule has 0 atom stereocenters. The van der Waals surface area contributed by atoms with Crippen LogP contribution in [0, 0.1) is 10.1 Å². The van der Waals surface area contributed by atoms with Gasteiger partial charge in [0.1, 0.15) is 0 Å². The van der Waals surface area contributed by atoms with Crippen molar-refractivity contribution in [3.05, 3.63) is 99.0 Å². The molecular weight excluding hydrogens is 520 g/mol. The maximum atomic E-state index is 12.3. The van der Waals surface area contributed by atoms with Gasteiger partial charge in [-0.25, -0.2) is 5.43 Å². The summed E-state index contributed by atoms with van der Waals surface area (Å²) in [4.78, 5) is 22.7. The second-order valence-electron chi connectivity index (χ2n) is 6.92. The van der Waals surface area contributed by atoms with Gasteiger partial charge >= 0.3 is 0 Å². The highest BCUT2D eigenvalue weighted by molar-refractivity contribution is 9.10. The van der Waals surface area contributed by atoms with Gasteiger partial charge < -0.3 is 0 Å². The number of nitro benzene ring substituents is 1. The number of aromatic nitrogens is 3. The minimum Gasteiger partial charge on any atom is -0.272 e. The molecule has 0 unspecified atom stereocenters. The van der Waals surface area contributed by atoms with E-state index in [0.717, 1.165) is 15.7 Å². The molecule has 0 aliphatic rings. The molecule has 0 saturated heterocycles. The van der Waals surface area contributed by atoms with E-state index in [1.807, 2.05) is 59.2 Å². The standard InChI is InChI=1S/C23H17BrN6O3S/c24-18-9-11-19(12-10-18)29-22(17-6-2-1-3-7-17)27-28-23(29)34-15-21(31)26-25-14-16-5-4-8-20(13-16)30(32)33/h1-14H,15H2,(H,26,31). The molecule has 0 aliphatic carbocycles. The Hall–Kier alpha value is -3.83. The van der Waals surface area contributed by atoms with Gasteiger partial charge in [0.25, 0.3) is 11.6 Å². The van der Waals surface area contributed by atoms with Gasteiger partial charge in [-0.3, -0.25) is 19.5 Å². The summed E-state index contributed by atoms with van der Waals surface area (Å²) in [5.74, 6) is 0.364. The Labute approximate surface area is 207 Å². The van der Waals surface area contributed by atoms with Crippen LogP contribution in [0.25, 0.3) is 17.1 Å². The lowest BCUT2D eigenvalue weighted by atomic mass is 10.2. The van der Waals surface area contributed by atoms with Crippen molar-refractivity contribution in [2.24, 2.45) is 5.10 Å². The van der Waals surface area contributed by atoms with E-state index >= 15 is 0 Å². The number of benzene rings is 3. The minimum atomic E-state index is -0.488. The fourth-order valence-electron chi connectivity index (χ4n) is 3.02. The zero-order chi connectivity index (χ0) is 23.9. The third-order valence-corrected chi connectivity index (χ3v) is 6.02. The molecule has 0 fully saturated rings.